The Hall–Kier alpha value is -4.13. The number of allylic oxidation sites excluding steroid dienone is 4. The lowest BCUT2D eigenvalue weighted by Gasteiger charge is -2.20. The van der Waals surface area contributed by atoms with E-state index in [4.69, 9.17) is 14.9 Å². The van der Waals surface area contributed by atoms with Gasteiger partial charge in [-0.05, 0) is 83.9 Å². The summed E-state index contributed by atoms with van der Waals surface area (Å²) in [6.07, 6.45) is 3.92. The molecule has 0 aliphatic rings. The number of anilines is 1. The number of benzene rings is 2. The molecule has 0 aliphatic heterocycles. The zero-order valence-corrected chi connectivity index (χ0v) is 22.7. The fraction of sp³-hybridized carbons (Fsp3) is 0.300. The Morgan fingerprint density at radius 2 is 1.46 bits per heavy atom. The van der Waals surface area contributed by atoms with Crippen molar-refractivity contribution in [2.24, 2.45) is 0 Å². The highest BCUT2D eigenvalue weighted by atomic mass is 16.6. The molecule has 0 radical (unpaired) electrons. The summed E-state index contributed by atoms with van der Waals surface area (Å²) in [6, 6.07) is 14.7. The van der Waals surface area contributed by atoms with Gasteiger partial charge in [0.05, 0.1) is 5.71 Å². The average molecular weight is 504 g/mol. The Labute approximate surface area is 219 Å². The molecule has 0 heterocycles. The second-order valence-electron chi connectivity index (χ2n) is 10.4. The van der Waals surface area contributed by atoms with Gasteiger partial charge in [0.2, 0.25) is 0 Å². The molecular formula is C30H37N3O4. The first kappa shape index (κ1) is 29.1. The third kappa shape index (κ3) is 9.80. The molecule has 0 atom stereocenters. The Morgan fingerprint density at radius 3 is 2.03 bits per heavy atom. The molecule has 2 rings (SSSR count). The summed E-state index contributed by atoms with van der Waals surface area (Å²) in [5, 5.41) is 14.3. The van der Waals surface area contributed by atoms with Crippen LogP contribution in [-0.4, -0.2) is 29.1 Å². The van der Waals surface area contributed by atoms with Crippen molar-refractivity contribution in [2.75, 3.05) is 5.32 Å². The first-order valence-corrected chi connectivity index (χ1v) is 12.0. The van der Waals surface area contributed by atoms with Crippen molar-refractivity contribution in [1.82, 2.24) is 5.32 Å². The molecule has 0 aromatic heterocycles. The third-order valence-corrected chi connectivity index (χ3v) is 4.80. The molecular weight excluding hydrogens is 466 g/mol. The van der Waals surface area contributed by atoms with Crippen LogP contribution in [-0.2, 0) is 9.47 Å². The highest BCUT2D eigenvalue weighted by Gasteiger charge is 2.18. The Balaban J connectivity index is 2.43. The van der Waals surface area contributed by atoms with Crippen molar-refractivity contribution in [3.05, 3.63) is 95.7 Å². The largest absolute Gasteiger partial charge is 0.444 e. The first-order valence-electron chi connectivity index (χ1n) is 12.0. The molecule has 2 aromatic carbocycles. The molecule has 2 aromatic rings. The quantitative estimate of drug-likeness (QED) is 0.270. The fourth-order valence-corrected chi connectivity index (χ4v) is 3.24. The van der Waals surface area contributed by atoms with E-state index in [-0.39, 0.29) is 0 Å². The first-order chi connectivity index (χ1) is 17.2. The van der Waals surface area contributed by atoms with E-state index in [9.17, 15) is 9.59 Å². The van der Waals surface area contributed by atoms with E-state index in [2.05, 4.69) is 17.2 Å². The lowest BCUT2D eigenvalue weighted by molar-refractivity contribution is 0.0546. The van der Waals surface area contributed by atoms with E-state index >= 15 is 0 Å². The van der Waals surface area contributed by atoms with Gasteiger partial charge in [0.25, 0.3) is 0 Å². The van der Waals surface area contributed by atoms with E-state index < -0.39 is 23.4 Å². The van der Waals surface area contributed by atoms with Crippen molar-refractivity contribution in [2.45, 2.75) is 59.7 Å². The van der Waals surface area contributed by atoms with Crippen molar-refractivity contribution in [3.63, 3.8) is 0 Å². The average Bonchev–Trinajstić information content (AvgIpc) is 2.79. The maximum atomic E-state index is 12.3. The van der Waals surface area contributed by atoms with Crippen LogP contribution >= 0.6 is 0 Å². The van der Waals surface area contributed by atoms with E-state index in [1.165, 1.54) is 6.08 Å². The molecule has 0 bridgehead atoms. The number of alkyl carbamates (subject to hydrolysis) is 1. The van der Waals surface area contributed by atoms with E-state index in [1.54, 1.807) is 59.8 Å². The van der Waals surface area contributed by atoms with Crippen LogP contribution < -0.4 is 10.6 Å². The van der Waals surface area contributed by atoms with Gasteiger partial charge in [0, 0.05) is 22.5 Å². The SMILES string of the molecule is C=C/C(=C\C=C(/C)c1ccc(NC(=O)OC(C)(C)C)cc1C(=N)c1ccccc1)NC(=O)OC(C)(C)C. The smallest absolute Gasteiger partial charge is 0.412 e. The van der Waals surface area contributed by atoms with Crippen LogP contribution in [0.1, 0.15) is 65.2 Å². The lowest BCUT2D eigenvalue weighted by atomic mass is 9.93. The normalized spacial score (nSPS) is 12.4. The highest BCUT2D eigenvalue weighted by molar-refractivity contribution is 6.14. The molecule has 0 fully saturated rings. The van der Waals surface area contributed by atoms with Crippen LogP contribution in [0.5, 0.6) is 0 Å². The Kier molecular flexibility index (Phi) is 9.61. The van der Waals surface area contributed by atoms with Gasteiger partial charge >= 0.3 is 12.2 Å². The second-order valence-corrected chi connectivity index (χ2v) is 10.4. The summed E-state index contributed by atoms with van der Waals surface area (Å²) in [6.45, 7) is 16.4. The summed E-state index contributed by atoms with van der Waals surface area (Å²) in [5.74, 6) is 0. The second kappa shape index (κ2) is 12.2. The minimum Gasteiger partial charge on any atom is -0.444 e. The molecule has 0 unspecified atom stereocenters. The van der Waals surface area contributed by atoms with Gasteiger partial charge in [-0.1, -0.05) is 49.1 Å². The van der Waals surface area contributed by atoms with Crippen LogP contribution in [0.4, 0.5) is 15.3 Å². The zero-order chi connectivity index (χ0) is 27.8. The van der Waals surface area contributed by atoms with Gasteiger partial charge in [-0.3, -0.25) is 16.0 Å². The summed E-state index contributed by atoms with van der Waals surface area (Å²) in [4.78, 5) is 24.5. The number of carbonyl (C=O) groups is 2. The molecule has 3 N–H and O–H groups in total. The van der Waals surface area contributed by atoms with Crippen molar-refractivity contribution in [1.29, 1.82) is 5.41 Å². The Morgan fingerprint density at radius 1 is 0.865 bits per heavy atom. The van der Waals surface area contributed by atoms with Gasteiger partial charge in [0.1, 0.15) is 11.2 Å². The lowest BCUT2D eigenvalue weighted by Crippen LogP contribution is -2.31. The summed E-state index contributed by atoms with van der Waals surface area (Å²) in [5.41, 5.74) is 3.02. The molecule has 37 heavy (non-hydrogen) atoms. The molecule has 0 saturated heterocycles. The minimum atomic E-state index is -0.633. The summed E-state index contributed by atoms with van der Waals surface area (Å²) in [7, 11) is 0. The number of carbonyl (C=O) groups excluding carboxylic acids is 2. The van der Waals surface area contributed by atoms with Crippen LogP contribution in [0, 0.1) is 5.41 Å². The maximum absolute atomic E-state index is 12.3. The number of hydrogen-bond acceptors (Lipinski definition) is 5. The molecule has 0 saturated carbocycles. The molecule has 2 amide bonds. The van der Waals surface area contributed by atoms with Gasteiger partial charge in [0.15, 0.2) is 0 Å². The van der Waals surface area contributed by atoms with E-state index in [0.29, 0.717) is 22.7 Å². The van der Waals surface area contributed by atoms with E-state index in [1.807, 2.05) is 49.4 Å². The van der Waals surface area contributed by atoms with Gasteiger partial charge in [-0.25, -0.2) is 9.59 Å². The van der Waals surface area contributed by atoms with Crippen molar-refractivity contribution in [3.8, 4) is 0 Å². The van der Waals surface area contributed by atoms with Gasteiger partial charge in [-0.15, -0.1) is 0 Å². The monoisotopic (exact) mass is 503 g/mol. The minimum absolute atomic E-state index is 0.302. The number of nitrogens with one attached hydrogen (secondary N) is 3. The molecule has 0 spiro atoms. The maximum Gasteiger partial charge on any atom is 0.412 e. The number of ether oxygens (including phenoxy) is 2. The molecule has 7 nitrogen and oxygen atoms in total. The van der Waals surface area contributed by atoms with Crippen LogP contribution in [0.25, 0.3) is 5.57 Å². The third-order valence-electron chi connectivity index (χ3n) is 4.80. The summed E-state index contributed by atoms with van der Waals surface area (Å²) >= 11 is 0. The molecule has 0 aliphatic carbocycles. The number of hydrogen-bond donors (Lipinski definition) is 3. The molecule has 7 heteroatoms. The predicted molar refractivity (Wildman–Crippen MR) is 150 cm³/mol. The Bertz CT molecular complexity index is 1210. The highest BCUT2D eigenvalue weighted by Crippen LogP contribution is 2.26. The standard InChI is InChI=1S/C30H37N3O4/c1-9-22(32-27(34)36-29(3,4)5)16-15-20(2)24-18-17-23(33-28(35)37-30(6,7)8)19-25(24)26(31)21-13-11-10-12-14-21/h9-19,31H,1H2,2-8H3,(H,32,34)(H,33,35)/b20-15+,22-16+,31-26?. The topological polar surface area (TPSA) is 101 Å². The molecule has 196 valence electrons. The van der Waals surface area contributed by atoms with Crippen LogP contribution in [0.3, 0.4) is 0 Å². The van der Waals surface area contributed by atoms with Gasteiger partial charge in [-0.2, -0.15) is 0 Å². The van der Waals surface area contributed by atoms with Gasteiger partial charge < -0.3 is 9.47 Å². The van der Waals surface area contributed by atoms with Crippen molar-refractivity contribution < 1.29 is 19.1 Å². The van der Waals surface area contributed by atoms with Crippen LogP contribution in [0.15, 0.2) is 79.0 Å². The van der Waals surface area contributed by atoms with Crippen LogP contribution in [0.2, 0.25) is 0 Å². The van der Waals surface area contributed by atoms with Crippen molar-refractivity contribution >= 4 is 29.2 Å². The number of rotatable bonds is 7. The fourth-order valence-electron chi connectivity index (χ4n) is 3.24. The number of amides is 2. The predicted octanol–water partition coefficient (Wildman–Crippen LogP) is 7.45. The summed E-state index contributed by atoms with van der Waals surface area (Å²) < 4.78 is 10.7. The zero-order valence-electron chi connectivity index (χ0n) is 22.7. The van der Waals surface area contributed by atoms with E-state index in [0.717, 1.165) is 16.7 Å².